The van der Waals surface area contributed by atoms with Gasteiger partial charge in [-0.2, -0.15) is 0 Å². The fourth-order valence-electron chi connectivity index (χ4n) is 3.35. The second-order valence-corrected chi connectivity index (χ2v) is 8.06. The van der Waals surface area contributed by atoms with E-state index in [4.69, 9.17) is 0 Å². The zero-order valence-electron chi connectivity index (χ0n) is 16.0. The number of aromatic nitrogens is 1. The molecule has 2 aromatic rings. The molecule has 8 heteroatoms. The molecule has 148 valence electrons. The lowest BCUT2D eigenvalue weighted by Crippen LogP contribution is -3.14. The lowest BCUT2D eigenvalue weighted by molar-refractivity contribution is -0.898. The van der Waals surface area contributed by atoms with Gasteiger partial charge in [-0.3, -0.25) is 19.8 Å². The van der Waals surface area contributed by atoms with Gasteiger partial charge in [0.05, 0.1) is 23.7 Å². The lowest BCUT2D eigenvalue weighted by atomic mass is 9.99. The second kappa shape index (κ2) is 9.07. The summed E-state index contributed by atoms with van der Waals surface area (Å²) in [6, 6.07) is 6.27. The highest BCUT2D eigenvalue weighted by molar-refractivity contribution is 7.14. The number of rotatable bonds is 7. The normalized spacial score (nSPS) is 19.2. The van der Waals surface area contributed by atoms with Crippen molar-refractivity contribution in [1.29, 1.82) is 0 Å². The summed E-state index contributed by atoms with van der Waals surface area (Å²) in [7, 11) is 0. The third-order valence-corrected chi connectivity index (χ3v) is 5.96. The smallest absolute Gasteiger partial charge is 0.284 e. The van der Waals surface area contributed by atoms with Crippen LogP contribution < -0.4 is 9.80 Å². The first-order valence-electron chi connectivity index (χ1n) is 9.43. The summed E-state index contributed by atoms with van der Waals surface area (Å²) < 4.78 is 0. The third kappa shape index (κ3) is 4.82. The van der Waals surface area contributed by atoms with Gasteiger partial charge in [-0.1, -0.05) is 13.0 Å². The van der Waals surface area contributed by atoms with Crippen molar-refractivity contribution in [3.8, 4) is 11.3 Å². The van der Waals surface area contributed by atoms with E-state index in [9.17, 15) is 14.9 Å². The molecule has 0 spiro atoms. The van der Waals surface area contributed by atoms with E-state index in [1.807, 2.05) is 5.38 Å². The summed E-state index contributed by atoms with van der Waals surface area (Å²) in [4.78, 5) is 30.9. The Hall–Kier alpha value is -2.58. The molecular weight excluding hydrogens is 376 g/mol. The Morgan fingerprint density at radius 3 is 2.68 bits per heavy atom. The van der Waals surface area contributed by atoms with Crippen LogP contribution in [0.3, 0.4) is 0 Å². The Labute approximate surface area is 168 Å². The van der Waals surface area contributed by atoms with E-state index in [0.717, 1.165) is 37.4 Å². The number of nitro benzene ring substituents is 1. The predicted octanol–water partition coefficient (Wildman–Crippen LogP) is 2.55. The molecule has 0 unspecified atom stereocenters. The lowest BCUT2D eigenvalue weighted by Gasteiger charge is -2.28. The number of piperidine rings is 1. The highest BCUT2D eigenvalue weighted by atomic mass is 32.1. The van der Waals surface area contributed by atoms with E-state index < -0.39 is 4.92 Å². The molecule has 0 aliphatic carbocycles. The number of non-ortho nitro benzene ring substituents is 1. The van der Waals surface area contributed by atoms with Crippen molar-refractivity contribution < 1.29 is 14.6 Å². The Balaban J connectivity index is 1.72. The molecule has 1 aromatic carbocycles. The van der Waals surface area contributed by atoms with Gasteiger partial charge in [-0.05, 0) is 30.9 Å². The average Bonchev–Trinajstić information content (AvgIpc) is 3.17. The van der Waals surface area contributed by atoms with Crippen molar-refractivity contribution >= 4 is 28.1 Å². The molecule has 0 radical (unpaired) electrons. The number of nitrogens with one attached hydrogen (secondary N) is 1. The van der Waals surface area contributed by atoms with Crippen molar-refractivity contribution in [2.45, 2.75) is 19.8 Å². The summed E-state index contributed by atoms with van der Waals surface area (Å²) in [5, 5.41) is 13.3. The molecule has 0 bridgehead atoms. The van der Waals surface area contributed by atoms with Gasteiger partial charge in [-0.25, -0.2) is 4.98 Å². The van der Waals surface area contributed by atoms with E-state index >= 15 is 0 Å². The van der Waals surface area contributed by atoms with Crippen LogP contribution in [0.4, 0.5) is 10.8 Å². The number of nitrogens with zero attached hydrogens (tertiary/aromatic N) is 3. The van der Waals surface area contributed by atoms with Gasteiger partial charge in [0.1, 0.15) is 0 Å². The van der Waals surface area contributed by atoms with Crippen LogP contribution in [-0.2, 0) is 4.79 Å². The number of hydrogen-bond donors (Lipinski definition) is 1. The number of benzene rings is 1. The Morgan fingerprint density at radius 1 is 1.39 bits per heavy atom. The van der Waals surface area contributed by atoms with E-state index in [-0.39, 0.29) is 11.6 Å². The monoisotopic (exact) mass is 401 g/mol. The van der Waals surface area contributed by atoms with Crippen molar-refractivity contribution in [2.75, 3.05) is 31.1 Å². The molecule has 3 rings (SSSR count). The second-order valence-electron chi connectivity index (χ2n) is 7.22. The number of nitro groups is 1. The number of amides is 1. The summed E-state index contributed by atoms with van der Waals surface area (Å²) in [5.74, 6) is 0.792. The first kappa shape index (κ1) is 20.2. The Bertz CT molecular complexity index is 841. The first-order valence-corrected chi connectivity index (χ1v) is 10.3. The van der Waals surface area contributed by atoms with Gasteiger partial charge in [0.25, 0.3) is 11.6 Å². The zero-order valence-corrected chi connectivity index (χ0v) is 16.8. The zero-order chi connectivity index (χ0) is 20.1. The number of anilines is 1. The molecule has 1 amide bonds. The number of carbonyl (C=O) groups is 1. The topological polar surface area (TPSA) is 80.8 Å². The standard InChI is InChI=1S/C20H24N4O3S/c1-3-10-23(19(25)13-22-11-8-15(2)9-12-22)20-21-18(14-28-20)16-4-6-17(7-5-16)24(26)27/h3-7,14-15H,1,8-13H2,2H3/p+1. The minimum Gasteiger partial charge on any atom is -0.327 e. The van der Waals surface area contributed by atoms with Gasteiger partial charge in [0.2, 0.25) is 0 Å². The van der Waals surface area contributed by atoms with Crippen LogP contribution in [0.5, 0.6) is 0 Å². The summed E-state index contributed by atoms with van der Waals surface area (Å²) in [6.45, 7) is 8.97. The first-order chi connectivity index (χ1) is 13.5. The van der Waals surface area contributed by atoms with Crippen molar-refractivity contribution in [3.63, 3.8) is 0 Å². The fraction of sp³-hybridized carbons (Fsp3) is 0.400. The predicted molar refractivity (Wildman–Crippen MR) is 111 cm³/mol. The summed E-state index contributed by atoms with van der Waals surface area (Å²) in [5.41, 5.74) is 1.53. The quantitative estimate of drug-likeness (QED) is 0.439. The molecule has 0 saturated carbocycles. The van der Waals surface area contributed by atoms with Gasteiger partial charge in [-0.15, -0.1) is 17.9 Å². The van der Waals surface area contributed by atoms with Crippen LogP contribution in [0.2, 0.25) is 0 Å². The van der Waals surface area contributed by atoms with Crippen LogP contribution in [0.1, 0.15) is 19.8 Å². The molecule has 2 heterocycles. The van der Waals surface area contributed by atoms with E-state index in [1.165, 1.54) is 28.4 Å². The molecule has 0 atom stereocenters. The molecule has 1 saturated heterocycles. The molecule has 1 fully saturated rings. The highest BCUT2D eigenvalue weighted by Gasteiger charge is 2.26. The number of quaternary nitrogens is 1. The molecule has 1 aliphatic heterocycles. The summed E-state index contributed by atoms with van der Waals surface area (Å²) in [6.07, 6.45) is 4.02. The molecular formula is C20H25N4O3S+. The maximum atomic E-state index is 12.9. The van der Waals surface area contributed by atoms with Crippen LogP contribution in [0.15, 0.2) is 42.3 Å². The number of thiazole rings is 1. The van der Waals surface area contributed by atoms with Gasteiger partial charge in [0.15, 0.2) is 11.7 Å². The van der Waals surface area contributed by atoms with E-state index in [0.29, 0.717) is 23.9 Å². The van der Waals surface area contributed by atoms with Crippen LogP contribution >= 0.6 is 11.3 Å². The molecule has 1 aliphatic rings. The van der Waals surface area contributed by atoms with Gasteiger partial charge in [0, 0.05) is 29.6 Å². The summed E-state index contributed by atoms with van der Waals surface area (Å²) >= 11 is 1.40. The minimum atomic E-state index is -0.426. The highest BCUT2D eigenvalue weighted by Crippen LogP contribution is 2.28. The maximum absolute atomic E-state index is 12.9. The van der Waals surface area contributed by atoms with Crippen LogP contribution in [0, 0.1) is 16.0 Å². The fourth-order valence-corrected chi connectivity index (χ4v) is 4.21. The maximum Gasteiger partial charge on any atom is 0.284 e. The van der Waals surface area contributed by atoms with Crippen LogP contribution in [-0.4, -0.2) is 42.0 Å². The molecule has 28 heavy (non-hydrogen) atoms. The number of carbonyl (C=O) groups excluding carboxylic acids is 1. The van der Waals surface area contributed by atoms with Crippen molar-refractivity contribution in [3.05, 3.63) is 52.4 Å². The van der Waals surface area contributed by atoms with Gasteiger partial charge >= 0.3 is 0 Å². The molecule has 1 aromatic heterocycles. The van der Waals surface area contributed by atoms with Crippen molar-refractivity contribution in [1.82, 2.24) is 4.98 Å². The largest absolute Gasteiger partial charge is 0.327 e. The number of hydrogen-bond acceptors (Lipinski definition) is 5. The minimum absolute atomic E-state index is 0.0430. The van der Waals surface area contributed by atoms with E-state index in [2.05, 4.69) is 18.5 Å². The van der Waals surface area contributed by atoms with Crippen molar-refractivity contribution in [2.24, 2.45) is 5.92 Å². The van der Waals surface area contributed by atoms with Gasteiger partial charge < -0.3 is 4.90 Å². The SMILES string of the molecule is C=CCN(C(=O)C[NH+]1CCC(C)CC1)c1nc(-c2ccc([N+](=O)[O-])cc2)cs1. The number of likely N-dealkylation sites (tertiary alicyclic amines) is 1. The molecule has 7 nitrogen and oxygen atoms in total. The Kier molecular flexibility index (Phi) is 6.53. The van der Waals surface area contributed by atoms with E-state index in [1.54, 1.807) is 23.1 Å². The van der Waals surface area contributed by atoms with Crippen LogP contribution in [0.25, 0.3) is 11.3 Å². The average molecular weight is 402 g/mol. The third-order valence-electron chi connectivity index (χ3n) is 5.09. The Morgan fingerprint density at radius 2 is 2.07 bits per heavy atom. The molecule has 1 N–H and O–H groups in total.